The quantitative estimate of drug-likeness (QED) is 0.425. The Morgan fingerprint density at radius 1 is 0.947 bits per heavy atom. The summed E-state index contributed by atoms with van der Waals surface area (Å²) < 4.78 is 36.6. The molecule has 102 valence electrons. The van der Waals surface area contributed by atoms with E-state index in [-0.39, 0.29) is 3.57 Å². The minimum absolute atomic E-state index is 0.308. The lowest BCUT2D eigenvalue weighted by molar-refractivity contribution is 0.487. The van der Waals surface area contributed by atoms with Crippen LogP contribution in [0.5, 0.6) is 0 Å². The maximum atomic E-state index is 12.4. The van der Waals surface area contributed by atoms with Crippen molar-refractivity contribution in [1.29, 1.82) is 0 Å². The Labute approximate surface area is 123 Å². The molecule has 1 heterocycles. The molecule has 6 heteroatoms. The summed E-state index contributed by atoms with van der Waals surface area (Å²) in [6.45, 7) is 0. The van der Waals surface area contributed by atoms with Gasteiger partial charge in [0, 0.05) is 32.2 Å². The standard InChI is InChI=1S/C7H10N2.C6H2F3I/c1-9(2)7-3-5-8-6-4-7;7-3-1-2-4(8)6(10)5(3)9/h3-6H,1-2H3;1-2H. The summed E-state index contributed by atoms with van der Waals surface area (Å²) in [5, 5.41) is 0. The number of pyridine rings is 1. The lowest BCUT2D eigenvalue weighted by Gasteiger charge is -2.10. The van der Waals surface area contributed by atoms with Gasteiger partial charge < -0.3 is 4.90 Å². The van der Waals surface area contributed by atoms with Crippen molar-refractivity contribution in [2.75, 3.05) is 19.0 Å². The lowest BCUT2D eigenvalue weighted by atomic mass is 10.3. The summed E-state index contributed by atoms with van der Waals surface area (Å²) >= 11 is 1.40. The van der Waals surface area contributed by atoms with Crippen LogP contribution in [0.25, 0.3) is 0 Å². The highest BCUT2D eigenvalue weighted by molar-refractivity contribution is 14.1. The first-order chi connectivity index (χ1) is 8.93. The summed E-state index contributed by atoms with van der Waals surface area (Å²) in [6, 6.07) is 5.59. The molecule has 19 heavy (non-hydrogen) atoms. The second-order valence-corrected chi connectivity index (χ2v) is 4.84. The van der Waals surface area contributed by atoms with E-state index in [0.29, 0.717) is 0 Å². The zero-order chi connectivity index (χ0) is 14.4. The van der Waals surface area contributed by atoms with Gasteiger partial charge in [0.15, 0.2) is 11.6 Å². The Morgan fingerprint density at radius 3 is 1.89 bits per heavy atom. The molecule has 2 aromatic rings. The van der Waals surface area contributed by atoms with Gasteiger partial charge in [0.05, 0.1) is 3.57 Å². The van der Waals surface area contributed by atoms with Crippen LogP contribution < -0.4 is 4.90 Å². The number of nitrogens with zero attached hydrogens (tertiary/aromatic N) is 2. The Bertz CT molecular complexity index is 506. The number of benzene rings is 1. The van der Waals surface area contributed by atoms with Crippen LogP contribution in [-0.4, -0.2) is 19.1 Å². The molecule has 0 spiro atoms. The summed E-state index contributed by atoms with van der Waals surface area (Å²) in [4.78, 5) is 5.94. The number of hydrogen-bond acceptors (Lipinski definition) is 2. The number of halogens is 4. The highest BCUT2D eigenvalue weighted by Gasteiger charge is 2.09. The molecule has 0 saturated heterocycles. The monoisotopic (exact) mass is 380 g/mol. The molecule has 0 atom stereocenters. The highest BCUT2D eigenvalue weighted by Crippen LogP contribution is 2.16. The van der Waals surface area contributed by atoms with E-state index in [4.69, 9.17) is 0 Å². The summed E-state index contributed by atoms with van der Waals surface area (Å²) in [6.07, 6.45) is 3.57. The fraction of sp³-hybridized carbons (Fsp3) is 0.154. The third-order valence-electron chi connectivity index (χ3n) is 2.17. The fourth-order valence-corrected chi connectivity index (χ4v) is 1.58. The van der Waals surface area contributed by atoms with Crippen molar-refractivity contribution in [3.63, 3.8) is 0 Å². The fourth-order valence-electron chi connectivity index (χ4n) is 1.14. The smallest absolute Gasteiger partial charge is 0.175 e. The molecule has 0 aliphatic rings. The summed E-state index contributed by atoms with van der Waals surface area (Å²) in [5.74, 6) is -2.88. The van der Waals surface area contributed by atoms with E-state index in [1.165, 1.54) is 28.3 Å². The first-order valence-corrected chi connectivity index (χ1v) is 6.37. The molecular weight excluding hydrogens is 368 g/mol. The van der Waals surface area contributed by atoms with E-state index >= 15 is 0 Å². The molecular formula is C13H12F3IN2. The normalized spacial score (nSPS) is 9.58. The van der Waals surface area contributed by atoms with Crippen LogP contribution in [-0.2, 0) is 0 Å². The average molecular weight is 380 g/mol. The van der Waals surface area contributed by atoms with Gasteiger partial charge in [-0.05, 0) is 46.9 Å². The molecule has 0 radical (unpaired) electrons. The molecule has 0 aliphatic carbocycles. The number of rotatable bonds is 1. The van der Waals surface area contributed by atoms with Crippen molar-refractivity contribution in [2.24, 2.45) is 0 Å². The molecule has 2 nitrogen and oxygen atoms in total. The Kier molecular flexibility index (Phi) is 6.07. The van der Waals surface area contributed by atoms with Gasteiger partial charge in [-0.15, -0.1) is 0 Å². The van der Waals surface area contributed by atoms with Gasteiger partial charge >= 0.3 is 0 Å². The van der Waals surface area contributed by atoms with Crippen molar-refractivity contribution in [3.05, 3.63) is 57.7 Å². The SMILES string of the molecule is CN(C)c1ccncc1.Fc1ccc(F)c(I)c1F. The van der Waals surface area contributed by atoms with Gasteiger partial charge in [0.1, 0.15) is 5.82 Å². The van der Waals surface area contributed by atoms with Gasteiger partial charge in [-0.2, -0.15) is 0 Å². The Morgan fingerprint density at radius 2 is 1.47 bits per heavy atom. The van der Waals surface area contributed by atoms with E-state index in [1.807, 2.05) is 31.1 Å². The van der Waals surface area contributed by atoms with Crippen LogP contribution in [0, 0.1) is 21.0 Å². The Hall–Kier alpha value is -1.31. The first kappa shape index (κ1) is 15.7. The van der Waals surface area contributed by atoms with Crippen LogP contribution >= 0.6 is 22.6 Å². The van der Waals surface area contributed by atoms with Crippen LogP contribution in [0.4, 0.5) is 18.9 Å². The van der Waals surface area contributed by atoms with Crippen molar-refractivity contribution in [1.82, 2.24) is 4.98 Å². The molecule has 0 aliphatic heterocycles. The van der Waals surface area contributed by atoms with Crippen molar-refractivity contribution in [3.8, 4) is 0 Å². The summed E-state index contributed by atoms with van der Waals surface area (Å²) in [7, 11) is 4.02. The molecule has 1 aromatic heterocycles. The maximum Gasteiger partial charge on any atom is 0.175 e. The van der Waals surface area contributed by atoms with E-state index < -0.39 is 17.5 Å². The number of anilines is 1. The number of aromatic nitrogens is 1. The van der Waals surface area contributed by atoms with E-state index in [0.717, 1.165) is 12.1 Å². The van der Waals surface area contributed by atoms with Gasteiger partial charge in [-0.25, -0.2) is 13.2 Å². The maximum absolute atomic E-state index is 12.4. The third kappa shape index (κ3) is 4.70. The molecule has 0 fully saturated rings. The highest BCUT2D eigenvalue weighted by atomic mass is 127. The lowest BCUT2D eigenvalue weighted by Crippen LogP contribution is -2.07. The molecule has 2 rings (SSSR count). The largest absolute Gasteiger partial charge is 0.378 e. The van der Waals surface area contributed by atoms with Gasteiger partial charge in [-0.3, -0.25) is 4.98 Å². The van der Waals surface area contributed by atoms with E-state index in [2.05, 4.69) is 4.98 Å². The zero-order valence-corrected chi connectivity index (χ0v) is 12.5. The second kappa shape index (κ2) is 7.32. The molecule has 0 amide bonds. The predicted molar refractivity (Wildman–Crippen MR) is 77.6 cm³/mol. The third-order valence-corrected chi connectivity index (χ3v) is 3.16. The second-order valence-electron chi connectivity index (χ2n) is 3.76. The average Bonchev–Trinajstić information content (AvgIpc) is 2.42. The number of hydrogen-bond donors (Lipinski definition) is 0. The van der Waals surface area contributed by atoms with Crippen LogP contribution in [0.1, 0.15) is 0 Å². The minimum Gasteiger partial charge on any atom is -0.378 e. The topological polar surface area (TPSA) is 16.1 Å². The van der Waals surface area contributed by atoms with Crippen molar-refractivity contribution >= 4 is 28.3 Å². The minimum atomic E-state index is -1.12. The molecule has 0 N–H and O–H groups in total. The molecule has 0 unspecified atom stereocenters. The molecule has 1 aromatic carbocycles. The van der Waals surface area contributed by atoms with Gasteiger partial charge in [-0.1, -0.05) is 0 Å². The van der Waals surface area contributed by atoms with Crippen LogP contribution in [0.15, 0.2) is 36.7 Å². The summed E-state index contributed by atoms with van der Waals surface area (Å²) in [5.41, 5.74) is 1.19. The zero-order valence-electron chi connectivity index (χ0n) is 10.4. The predicted octanol–water partition coefficient (Wildman–Crippen LogP) is 3.86. The van der Waals surface area contributed by atoms with Crippen LogP contribution in [0.2, 0.25) is 0 Å². The van der Waals surface area contributed by atoms with E-state index in [1.54, 1.807) is 12.4 Å². The van der Waals surface area contributed by atoms with Crippen LogP contribution in [0.3, 0.4) is 0 Å². The first-order valence-electron chi connectivity index (χ1n) is 5.30. The van der Waals surface area contributed by atoms with Crippen molar-refractivity contribution in [2.45, 2.75) is 0 Å². The molecule has 0 bridgehead atoms. The van der Waals surface area contributed by atoms with Crippen molar-refractivity contribution < 1.29 is 13.2 Å². The van der Waals surface area contributed by atoms with Gasteiger partial charge in [0.2, 0.25) is 0 Å². The molecule has 0 saturated carbocycles. The van der Waals surface area contributed by atoms with E-state index in [9.17, 15) is 13.2 Å². The van der Waals surface area contributed by atoms with Gasteiger partial charge in [0.25, 0.3) is 0 Å². The Balaban J connectivity index is 0.000000191.